The molecule has 0 saturated carbocycles. The maximum Gasteiger partial charge on any atom is 0.119 e. The summed E-state index contributed by atoms with van der Waals surface area (Å²) in [6.45, 7) is 2.47. The molecular formula is C23H30ClNO2S. The van der Waals surface area contributed by atoms with Crippen LogP contribution >= 0.6 is 11.6 Å². The number of fused-ring (bicyclic) bond motifs is 1. The van der Waals surface area contributed by atoms with E-state index in [1.54, 1.807) is 0 Å². The van der Waals surface area contributed by atoms with Crippen molar-refractivity contribution in [3.63, 3.8) is 0 Å². The number of hydrogen-bond acceptors (Lipinski definition) is 3. The Labute approximate surface area is 174 Å². The van der Waals surface area contributed by atoms with Gasteiger partial charge in [-0.05, 0) is 82.0 Å². The molecule has 2 aromatic carbocycles. The first kappa shape index (κ1) is 21.2. The van der Waals surface area contributed by atoms with Crippen molar-refractivity contribution in [2.75, 3.05) is 18.1 Å². The largest absolute Gasteiger partial charge is 0.494 e. The average molecular weight is 420 g/mol. The summed E-state index contributed by atoms with van der Waals surface area (Å²) in [5.41, 5.74) is 10.3. The van der Waals surface area contributed by atoms with Gasteiger partial charge in [-0.2, -0.15) is 0 Å². The van der Waals surface area contributed by atoms with E-state index in [2.05, 4.69) is 24.1 Å². The quantitative estimate of drug-likeness (QED) is 0.508. The lowest BCUT2D eigenvalue weighted by molar-refractivity contribution is 0.317. The lowest BCUT2D eigenvalue weighted by atomic mass is 9.76. The van der Waals surface area contributed by atoms with Gasteiger partial charge in [0.1, 0.15) is 5.75 Å². The molecule has 0 radical (unpaired) electrons. The summed E-state index contributed by atoms with van der Waals surface area (Å²) in [6.07, 6.45) is 3.62. The molecular weight excluding hydrogens is 390 g/mol. The van der Waals surface area contributed by atoms with Gasteiger partial charge in [-0.3, -0.25) is 4.21 Å². The van der Waals surface area contributed by atoms with Crippen LogP contribution in [0.5, 0.6) is 5.75 Å². The molecule has 2 N–H and O–H groups in total. The fourth-order valence-electron chi connectivity index (χ4n) is 3.83. The van der Waals surface area contributed by atoms with Gasteiger partial charge in [0.05, 0.1) is 6.61 Å². The van der Waals surface area contributed by atoms with E-state index >= 15 is 0 Å². The predicted octanol–water partition coefficient (Wildman–Crippen LogP) is 4.45. The molecule has 0 fully saturated rings. The SMILES string of the molecule is C=S(=O)(CC)CCCOc1ccc2c(c1)C(Cc1cccc(Cl)c1)C(N)CC2. The van der Waals surface area contributed by atoms with Crippen molar-refractivity contribution in [3.8, 4) is 5.75 Å². The molecule has 3 rings (SSSR count). The molecule has 0 spiro atoms. The second kappa shape index (κ2) is 9.34. The summed E-state index contributed by atoms with van der Waals surface area (Å²) in [5.74, 6) is 6.14. The third-order valence-corrected chi connectivity index (χ3v) is 7.90. The van der Waals surface area contributed by atoms with E-state index in [0.29, 0.717) is 18.1 Å². The molecule has 1 aliphatic rings. The van der Waals surface area contributed by atoms with E-state index in [4.69, 9.17) is 22.1 Å². The molecule has 3 unspecified atom stereocenters. The molecule has 3 atom stereocenters. The van der Waals surface area contributed by atoms with Gasteiger partial charge in [0.15, 0.2) is 0 Å². The standard InChI is InChI=1S/C23H30ClNO2S/c1-3-28(2,26)13-5-12-27-20-10-8-18-9-11-23(25)22(21(18)16-20)15-17-6-4-7-19(24)14-17/h4,6-8,10,14,16,22-23H,2-3,5,9,11-13,15,25H2,1H3. The van der Waals surface area contributed by atoms with Crippen LogP contribution in [0, 0.1) is 0 Å². The topological polar surface area (TPSA) is 52.3 Å². The highest BCUT2D eigenvalue weighted by Crippen LogP contribution is 2.36. The summed E-state index contributed by atoms with van der Waals surface area (Å²) in [6, 6.07) is 14.5. The minimum absolute atomic E-state index is 0.127. The van der Waals surface area contributed by atoms with Crippen molar-refractivity contribution in [1.29, 1.82) is 0 Å². The predicted molar refractivity (Wildman–Crippen MR) is 121 cm³/mol. The van der Waals surface area contributed by atoms with Gasteiger partial charge in [-0.25, -0.2) is 0 Å². The lowest BCUT2D eigenvalue weighted by Gasteiger charge is -2.32. The molecule has 152 valence electrons. The second-order valence-corrected chi connectivity index (χ2v) is 11.0. The van der Waals surface area contributed by atoms with Crippen LogP contribution in [0.25, 0.3) is 0 Å². The smallest absolute Gasteiger partial charge is 0.119 e. The van der Waals surface area contributed by atoms with Gasteiger partial charge >= 0.3 is 0 Å². The van der Waals surface area contributed by atoms with Gasteiger partial charge in [-0.15, -0.1) is 0 Å². The fourth-order valence-corrected chi connectivity index (χ4v) is 4.97. The minimum atomic E-state index is -1.95. The molecule has 0 amide bonds. The van der Waals surface area contributed by atoms with Crippen LogP contribution in [-0.2, 0) is 22.4 Å². The van der Waals surface area contributed by atoms with Crippen LogP contribution in [0.3, 0.4) is 0 Å². The van der Waals surface area contributed by atoms with E-state index in [-0.39, 0.29) is 12.0 Å². The number of halogens is 1. The maximum atomic E-state index is 12.0. The third-order valence-electron chi connectivity index (χ3n) is 5.58. The molecule has 0 bridgehead atoms. The first-order valence-electron chi connectivity index (χ1n) is 9.96. The van der Waals surface area contributed by atoms with Crippen molar-refractivity contribution < 1.29 is 8.95 Å². The minimum Gasteiger partial charge on any atom is -0.494 e. The Balaban J connectivity index is 1.71. The normalized spacial score (nSPS) is 21.0. The third kappa shape index (κ3) is 5.53. The van der Waals surface area contributed by atoms with E-state index in [9.17, 15) is 4.21 Å². The zero-order chi connectivity index (χ0) is 20.1. The number of hydrogen-bond donors (Lipinski definition) is 1. The van der Waals surface area contributed by atoms with Crippen molar-refractivity contribution in [1.82, 2.24) is 0 Å². The Hall–Kier alpha value is -1.49. The second-order valence-electron chi connectivity index (χ2n) is 7.66. The van der Waals surface area contributed by atoms with Gasteiger partial charge in [0.25, 0.3) is 0 Å². The van der Waals surface area contributed by atoms with Crippen LogP contribution in [0.2, 0.25) is 5.02 Å². The van der Waals surface area contributed by atoms with Crippen LogP contribution in [0.15, 0.2) is 42.5 Å². The molecule has 3 nitrogen and oxygen atoms in total. The summed E-state index contributed by atoms with van der Waals surface area (Å²) in [5, 5.41) is 0.758. The summed E-state index contributed by atoms with van der Waals surface area (Å²) < 4.78 is 18.0. The molecule has 2 aromatic rings. The molecule has 0 saturated heterocycles. The van der Waals surface area contributed by atoms with Gasteiger partial charge in [0, 0.05) is 28.5 Å². The Morgan fingerprint density at radius 1 is 1.29 bits per heavy atom. The van der Waals surface area contributed by atoms with Gasteiger partial charge in [0.2, 0.25) is 0 Å². The average Bonchev–Trinajstić information content (AvgIpc) is 2.67. The summed E-state index contributed by atoms with van der Waals surface area (Å²) in [7, 11) is -1.95. The Kier molecular flexibility index (Phi) is 7.08. The lowest BCUT2D eigenvalue weighted by Crippen LogP contribution is -2.34. The summed E-state index contributed by atoms with van der Waals surface area (Å²) >= 11 is 6.16. The van der Waals surface area contributed by atoms with Crippen molar-refractivity contribution >= 4 is 27.0 Å². The van der Waals surface area contributed by atoms with E-state index in [1.807, 2.05) is 31.2 Å². The number of ether oxygens (including phenoxy) is 1. The van der Waals surface area contributed by atoms with Crippen LogP contribution in [0.1, 0.15) is 42.4 Å². The molecule has 5 heteroatoms. The fraction of sp³-hybridized carbons (Fsp3) is 0.435. The molecule has 1 aliphatic carbocycles. The zero-order valence-corrected chi connectivity index (χ0v) is 18.1. The number of nitrogens with two attached hydrogens (primary N) is 1. The van der Waals surface area contributed by atoms with Crippen molar-refractivity contribution in [2.45, 2.75) is 44.6 Å². The number of aryl methyl sites for hydroxylation is 1. The number of benzene rings is 2. The van der Waals surface area contributed by atoms with Crippen LogP contribution < -0.4 is 10.5 Å². The van der Waals surface area contributed by atoms with E-state index < -0.39 is 9.52 Å². The number of rotatable bonds is 8. The highest BCUT2D eigenvalue weighted by Gasteiger charge is 2.27. The highest BCUT2D eigenvalue weighted by molar-refractivity contribution is 8.00. The summed E-state index contributed by atoms with van der Waals surface area (Å²) in [4.78, 5) is 0. The molecule has 0 aliphatic heterocycles. The van der Waals surface area contributed by atoms with Crippen molar-refractivity contribution in [3.05, 3.63) is 64.2 Å². The molecule has 0 heterocycles. The Morgan fingerprint density at radius 3 is 2.86 bits per heavy atom. The van der Waals surface area contributed by atoms with Crippen molar-refractivity contribution in [2.24, 2.45) is 5.73 Å². The first-order valence-corrected chi connectivity index (χ1v) is 12.4. The maximum absolute atomic E-state index is 12.0. The molecule has 0 aromatic heterocycles. The van der Waals surface area contributed by atoms with Crippen LogP contribution in [-0.4, -0.2) is 34.2 Å². The van der Waals surface area contributed by atoms with E-state index in [0.717, 1.165) is 36.5 Å². The highest BCUT2D eigenvalue weighted by atomic mass is 35.5. The first-order chi connectivity index (χ1) is 13.4. The molecule has 28 heavy (non-hydrogen) atoms. The monoisotopic (exact) mass is 419 g/mol. The van der Waals surface area contributed by atoms with Gasteiger partial charge in [-0.1, -0.05) is 36.7 Å². The van der Waals surface area contributed by atoms with E-state index in [1.165, 1.54) is 16.7 Å². The van der Waals surface area contributed by atoms with Crippen LogP contribution in [0.4, 0.5) is 0 Å². The van der Waals surface area contributed by atoms with Gasteiger partial charge < -0.3 is 10.5 Å². The Bertz CT molecular complexity index is 911. The Morgan fingerprint density at radius 2 is 2.11 bits per heavy atom. The zero-order valence-electron chi connectivity index (χ0n) is 16.5.